The van der Waals surface area contributed by atoms with E-state index in [0.29, 0.717) is 12.5 Å². The van der Waals surface area contributed by atoms with Crippen LogP contribution in [0.3, 0.4) is 0 Å². The highest BCUT2D eigenvalue weighted by Gasteiger charge is 2.25. The van der Waals surface area contributed by atoms with Gasteiger partial charge in [-0.3, -0.25) is 0 Å². The molecule has 0 radical (unpaired) electrons. The Kier molecular flexibility index (Phi) is 3.95. The summed E-state index contributed by atoms with van der Waals surface area (Å²) < 4.78 is 1.91. The molecule has 1 heterocycles. The van der Waals surface area contributed by atoms with Crippen LogP contribution in [0.25, 0.3) is 5.69 Å². The molecule has 0 aliphatic rings. The van der Waals surface area contributed by atoms with Crippen molar-refractivity contribution in [1.29, 1.82) is 0 Å². The highest BCUT2D eigenvalue weighted by Crippen LogP contribution is 2.27. The van der Waals surface area contributed by atoms with Gasteiger partial charge in [0.05, 0.1) is 11.4 Å². The lowest BCUT2D eigenvalue weighted by Gasteiger charge is -2.21. The maximum atomic E-state index is 5.79. The summed E-state index contributed by atoms with van der Waals surface area (Å²) in [6.45, 7) is 11.3. The van der Waals surface area contributed by atoms with Crippen LogP contribution in [0.15, 0.2) is 24.3 Å². The molecule has 4 heteroatoms. The molecule has 0 spiro atoms. The van der Waals surface area contributed by atoms with Crippen LogP contribution >= 0.6 is 0 Å². The van der Waals surface area contributed by atoms with Gasteiger partial charge in [0.25, 0.3) is 0 Å². The second kappa shape index (κ2) is 5.37. The Morgan fingerprint density at radius 2 is 1.75 bits per heavy atom. The molecular formula is C16H24N4. The normalized spacial score (nSPS) is 12.2. The minimum absolute atomic E-state index is 0.0467. The number of nitrogens with zero attached hydrogens (tertiary/aromatic N) is 3. The molecule has 2 rings (SSSR count). The fourth-order valence-electron chi connectivity index (χ4n) is 2.38. The lowest BCUT2D eigenvalue weighted by molar-refractivity contribution is 0.537. The average molecular weight is 272 g/mol. The monoisotopic (exact) mass is 272 g/mol. The summed E-state index contributed by atoms with van der Waals surface area (Å²) in [6.07, 6.45) is 0. The molecule has 0 saturated carbocycles. The van der Waals surface area contributed by atoms with Crippen LogP contribution in [0.5, 0.6) is 0 Å². The molecule has 0 aliphatic heterocycles. The first-order chi connectivity index (χ1) is 9.34. The van der Waals surface area contributed by atoms with Gasteiger partial charge in [0.2, 0.25) is 0 Å². The molecule has 4 nitrogen and oxygen atoms in total. The summed E-state index contributed by atoms with van der Waals surface area (Å²) in [5.41, 5.74) is 10.0. The molecule has 0 saturated heterocycles. The lowest BCUT2D eigenvalue weighted by Crippen LogP contribution is -2.20. The first-order valence-corrected chi connectivity index (χ1v) is 7.10. The third-order valence-corrected chi connectivity index (χ3v) is 3.45. The van der Waals surface area contributed by atoms with Crippen molar-refractivity contribution in [2.75, 3.05) is 0 Å². The Morgan fingerprint density at radius 3 is 2.20 bits per heavy atom. The number of hydrogen-bond acceptors (Lipinski definition) is 3. The SMILES string of the molecule is CC(C)c1ccc(-n2nnc(CN)c2C(C)(C)C)cc1. The standard InChI is InChI=1S/C16H24N4/c1-11(2)12-6-8-13(9-7-12)20-15(16(3,4)5)14(10-17)18-19-20/h6-9,11H,10,17H2,1-5H3. The molecule has 0 atom stereocenters. The van der Waals surface area contributed by atoms with E-state index in [1.54, 1.807) is 0 Å². The molecule has 1 aromatic heterocycles. The summed E-state index contributed by atoms with van der Waals surface area (Å²) >= 11 is 0. The van der Waals surface area contributed by atoms with Crippen LogP contribution in [0.4, 0.5) is 0 Å². The van der Waals surface area contributed by atoms with E-state index in [1.807, 2.05) is 4.68 Å². The van der Waals surface area contributed by atoms with Crippen LogP contribution in [-0.2, 0) is 12.0 Å². The van der Waals surface area contributed by atoms with Crippen molar-refractivity contribution in [3.05, 3.63) is 41.2 Å². The second-order valence-corrected chi connectivity index (χ2v) is 6.50. The highest BCUT2D eigenvalue weighted by molar-refractivity contribution is 5.38. The molecule has 1 aromatic carbocycles. The van der Waals surface area contributed by atoms with E-state index in [4.69, 9.17) is 5.73 Å². The van der Waals surface area contributed by atoms with Gasteiger partial charge in [-0.2, -0.15) is 0 Å². The van der Waals surface area contributed by atoms with E-state index in [0.717, 1.165) is 17.1 Å². The van der Waals surface area contributed by atoms with E-state index in [-0.39, 0.29) is 5.41 Å². The van der Waals surface area contributed by atoms with Gasteiger partial charge < -0.3 is 5.73 Å². The Morgan fingerprint density at radius 1 is 1.15 bits per heavy atom. The molecule has 0 amide bonds. The number of hydrogen-bond donors (Lipinski definition) is 1. The third-order valence-electron chi connectivity index (χ3n) is 3.45. The summed E-state index contributed by atoms with van der Waals surface area (Å²) in [4.78, 5) is 0. The lowest BCUT2D eigenvalue weighted by atomic mass is 9.90. The summed E-state index contributed by atoms with van der Waals surface area (Å²) in [6, 6.07) is 8.49. The zero-order valence-electron chi connectivity index (χ0n) is 13.0. The minimum Gasteiger partial charge on any atom is -0.325 e. The highest BCUT2D eigenvalue weighted by atomic mass is 15.4. The fraction of sp³-hybridized carbons (Fsp3) is 0.500. The minimum atomic E-state index is -0.0467. The van der Waals surface area contributed by atoms with Crippen LogP contribution in [0.2, 0.25) is 0 Å². The molecule has 2 N–H and O–H groups in total. The first-order valence-electron chi connectivity index (χ1n) is 7.10. The van der Waals surface area contributed by atoms with Crippen molar-refractivity contribution in [1.82, 2.24) is 15.0 Å². The number of rotatable bonds is 3. The summed E-state index contributed by atoms with van der Waals surface area (Å²) in [5.74, 6) is 0.529. The Labute approximate surface area is 121 Å². The average Bonchev–Trinajstić information content (AvgIpc) is 2.82. The maximum absolute atomic E-state index is 5.79. The molecular weight excluding hydrogens is 248 g/mol. The van der Waals surface area contributed by atoms with Crippen molar-refractivity contribution < 1.29 is 0 Å². The van der Waals surface area contributed by atoms with Gasteiger partial charge in [0.15, 0.2) is 0 Å². The van der Waals surface area contributed by atoms with Crippen LogP contribution in [-0.4, -0.2) is 15.0 Å². The Hall–Kier alpha value is -1.68. The van der Waals surface area contributed by atoms with E-state index in [9.17, 15) is 0 Å². The van der Waals surface area contributed by atoms with Gasteiger partial charge >= 0.3 is 0 Å². The number of nitrogens with two attached hydrogens (primary N) is 1. The number of aromatic nitrogens is 3. The van der Waals surface area contributed by atoms with Crippen molar-refractivity contribution in [2.24, 2.45) is 5.73 Å². The van der Waals surface area contributed by atoms with Crippen LogP contribution < -0.4 is 5.73 Å². The molecule has 0 aliphatic carbocycles. The van der Waals surface area contributed by atoms with Gasteiger partial charge in [0.1, 0.15) is 5.69 Å². The van der Waals surface area contributed by atoms with Gasteiger partial charge in [0, 0.05) is 12.0 Å². The zero-order chi connectivity index (χ0) is 14.9. The van der Waals surface area contributed by atoms with Crippen LogP contribution in [0.1, 0.15) is 57.5 Å². The second-order valence-electron chi connectivity index (χ2n) is 6.50. The quantitative estimate of drug-likeness (QED) is 0.933. The molecule has 0 unspecified atom stereocenters. The van der Waals surface area contributed by atoms with Gasteiger partial charge in [-0.05, 0) is 23.6 Å². The topological polar surface area (TPSA) is 56.7 Å². The number of benzene rings is 1. The summed E-state index contributed by atoms with van der Waals surface area (Å²) in [5, 5.41) is 8.51. The Bertz CT molecular complexity index is 574. The summed E-state index contributed by atoms with van der Waals surface area (Å²) in [7, 11) is 0. The van der Waals surface area contributed by atoms with E-state index >= 15 is 0 Å². The van der Waals surface area contributed by atoms with E-state index in [1.165, 1.54) is 5.56 Å². The van der Waals surface area contributed by atoms with Crippen molar-refractivity contribution in [2.45, 2.75) is 52.5 Å². The van der Waals surface area contributed by atoms with Crippen LogP contribution in [0, 0.1) is 0 Å². The third kappa shape index (κ3) is 2.75. The zero-order valence-corrected chi connectivity index (χ0v) is 13.0. The fourth-order valence-corrected chi connectivity index (χ4v) is 2.38. The molecule has 0 fully saturated rings. The largest absolute Gasteiger partial charge is 0.325 e. The van der Waals surface area contributed by atoms with Crippen molar-refractivity contribution in [3.8, 4) is 5.69 Å². The Balaban J connectivity index is 2.50. The predicted octanol–water partition coefficient (Wildman–Crippen LogP) is 3.15. The maximum Gasteiger partial charge on any atom is 0.100 e. The molecule has 0 bridgehead atoms. The first kappa shape index (κ1) is 14.7. The van der Waals surface area contributed by atoms with Gasteiger partial charge in [-0.15, -0.1) is 5.10 Å². The molecule has 108 valence electrons. The van der Waals surface area contributed by atoms with Gasteiger partial charge in [-0.1, -0.05) is 52.0 Å². The van der Waals surface area contributed by atoms with E-state index < -0.39 is 0 Å². The van der Waals surface area contributed by atoms with Gasteiger partial charge in [-0.25, -0.2) is 4.68 Å². The van der Waals surface area contributed by atoms with Crippen molar-refractivity contribution in [3.63, 3.8) is 0 Å². The smallest absolute Gasteiger partial charge is 0.100 e. The predicted molar refractivity (Wildman–Crippen MR) is 82.0 cm³/mol. The molecule has 20 heavy (non-hydrogen) atoms. The van der Waals surface area contributed by atoms with E-state index in [2.05, 4.69) is 69.2 Å². The molecule has 2 aromatic rings. The van der Waals surface area contributed by atoms with Crippen molar-refractivity contribution >= 4 is 0 Å².